The molecule has 4 aromatic rings. The van der Waals surface area contributed by atoms with Crippen LogP contribution in [0.3, 0.4) is 0 Å². The van der Waals surface area contributed by atoms with Crippen molar-refractivity contribution in [2.45, 2.75) is 31.8 Å². The molecular weight excluding hydrogens is 484 g/mol. The molecule has 2 N–H and O–H groups in total. The number of nitrogens with one attached hydrogen (secondary N) is 2. The van der Waals surface area contributed by atoms with Gasteiger partial charge in [0.15, 0.2) is 5.78 Å². The Kier molecular flexibility index (Phi) is 6.72. The minimum atomic E-state index is -0.784. The van der Waals surface area contributed by atoms with Crippen molar-refractivity contribution >= 4 is 16.7 Å². The maximum absolute atomic E-state index is 14.2. The topological polar surface area (TPSA) is 57.4 Å². The Balaban J connectivity index is 1.18. The first-order valence-corrected chi connectivity index (χ1v) is 13.2. The van der Waals surface area contributed by atoms with Crippen LogP contribution in [0.4, 0.5) is 8.78 Å². The molecule has 0 amide bonds. The fourth-order valence-corrected chi connectivity index (χ4v) is 6.07. The lowest BCUT2D eigenvalue weighted by Gasteiger charge is -2.32. The molecule has 2 aliphatic rings. The predicted octanol–water partition coefficient (Wildman–Crippen LogP) is 5.78. The quantitative estimate of drug-likeness (QED) is 0.320. The molecule has 6 rings (SSSR count). The van der Waals surface area contributed by atoms with Crippen molar-refractivity contribution in [3.8, 4) is 5.75 Å². The third-order valence-corrected chi connectivity index (χ3v) is 8.05. The summed E-state index contributed by atoms with van der Waals surface area (Å²) in [6.45, 7) is 3.06. The molecule has 3 heterocycles. The molecule has 5 nitrogen and oxygen atoms in total. The number of carbonyl (C=O) groups excluding carboxylic acids is 1. The van der Waals surface area contributed by atoms with Crippen molar-refractivity contribution in [1.82, 2.24) is 15.2 Å². The van der Waals surface area contributed by atoms with Gasteiger partial charge in [-0.05, 0) is 73.8 Å². The number of fused-ring (bicyclic) bond motifs is 3. The van der Waals surface area contributed by atoms with Gasteiger partial charge in [-0.15, -0.1) is 0 Å². The van der Waals surface area contributed by atoms with Crippen LogP contribution < -0.4 is 10.1 Å². The molecule has 0 spiro atoms. The molecule has 0 saturated carbocycles. The van der Waals surface area contributed by atoms with E-state index >= 15 is 0 Å². The number of hydrogen-bond acceptors (Lipinski definition) is 4. The van der Waals surface area contributed by atoms with Crippen molar-refractivity contribution in [3.05, 3.63) is 100 Å². The van der Waals surface area contributed by atoms with Gasteiger partial charge in [-0.25, -0.2) is 8.78 Å². The van der Waals surface area contributed by atoms with Gasteiger partial charge in [-0.3, -0.25) is 9.69 Å². The van der Waals surface area contributed by atoms with E-state index in [1.165, 1.54) is 28.3 Å². The fraction of sp³-hybridized carbons (Fsp3) is 0.323. The van der Waals surface area contributed by atoms with Crippen molar-refractivity contribution in [2.24, 2.45) is 5.92 Å². The summed E-state index contributed by atoms with van der Waals surface area (Å²) >= 11 is 0. The Morgan fingerprint density at radius 1 is 1.05 bits per heavy atom. The van der Waals surface area contributed by atoms with Gasteiger partial charge in [0.2, 0.25) is 0 Å². The third kappa shape index (κ3) is 4.61. The summed E-state index contributed by atoms with van der Waals surface area (Å²) < 4.78 is 33.1. The average molecular weight is 516 g/mol. The Morgan fingerprint density at radius 2 is 1.87 bits per heavy atom. The number of ether oxygens (including phenoxy) is 1. The molecule has 3 aromatic carbocycles. The van der Waals surface area contributed by atoms with Gasteiger partial charge in [-0.1, -0.05) is 24.3 Å². The number of ketones is 1. The van der Waals surface area contributed by atoms with Crippen LogP contribution in [0, 0.1) is 17.6 Å². The van der Waals surface area contributed by atoms with E-state index in [0.29, 0.717) is 19.4 Å². The Hall–Kier alpha value is -3.55. The van der Waals surface area contributed by atoms with Gasteiger partial charge >= 0.3 is 0 Å². The number of likely N-dealkylation sites (tertiary alicyclic amines) is 1. The zero-order valence-corrected chi connectivity index (χ0v) is 21.4. The summed E-state index contributed by atoms with van der Waals surface area (Å²) in [6, 6.07) is 18.1. The van der Waals surface area contributed by atoms with E-state index in [0.717, 1.165) is 55.0 Å². The number of aromatic nitrogens is 1. The number of H-pyrrole nitrogens is 1. The number of halogens is 2. The minimum Gasteiger partial charge on any atom is -0.496 e. The Morgan fingerprint density at radius 3 is 2.66 bits per heavy atom. The Labute approximate surface area is 220 Å². The molecule has 1 saturated heterocycles. The van der Waals surface area contributed by atoms with Crippen LogP contribution in [-0.2, 0) is 13.0 Å². The van der Waals surface area contributed by atoms with Crippen LogP contribution in [0.2, 0.25) is 0 Å². The molecule has 1 aromatic heterocycles. The van der Waals surface area contributed by atoms with Gasteiger partial charge in [0.25, 0.3) is 0 Å². The molecule has 1 unspecified atom stereocenters. The number of nitrogens with zero attached hydrogens (tertiary/aromatic N) is 1. The first kappa shape index (κ1) is 24.8. The van der Waals surface area contributed by atoms with E-state index in [1.54, 1.807) is 7.11 Å². The SMILES string of the molecule is COc1ccc(C2NCCc3c2[nH]c2ccccc32)cc1CN1CCC(C(=O)c2ccc(F)cc2F)CC1. The number of methoxy groups -OCH3 is 1. The lowest BCUT2D eigenvalue weighted by atomic mass is 9.88. The molecule has 0 bridgehead atoms. The van der Waals surface area contributed by atoms with Crippen LogP contribution in [0.1, 0.15) is 51.6 Å². The van der Waals surface area contributed by atoms with Crippen molar-refractivity contribution < 1.29 is 18.3 Å². The number of Topliss-reactive ketones (excluding diaryl/α,β-unsaturated/α-hetero) is 1. The number of rotatable bonds is 6. The summed E-state index contributed by atoms with van der Waals surface area (Å²) in [4.78, 5) is 18.8. The van der Waals surface area contributed by atoms with Crippen LogP contribution in [0.25, 0.3) is 10.9 Å². The second-order valence-electron chi connectivity index (χ2n) is 10.3. The summed E-state index contributed by atoms with van der Waals surface area (Å²) in [5, 5.41) is 4.98. The van der Waals surface area contributed by atoms with E-state index in [4.69, 9.17) is 4.74 Å². The normalized spacial score (nSPS) is 18.4. The van der Waals surface area contributed by atoms with Gasteiger partial charge in [0.05, 0.1) is 18.7 Å². The van der Waals surface area contributed by atoms with Crippen molar-refractivity contribution in [1.29, 1.82) is 0 Å². The lowest BCUT2D eigenvalue weighted by Crippen LogP contribution is -2.36. The zero-order valence-electron chi connectivity index (χ0n) is 21.4. The molecular formula is C31H31F2N3O2. The lowest BCUT2D eigenvalue weighted by molar-refractivity contribution is 0.0830. The fourth-order valence-electron chi connectivity index (χ4n) is 6.07. The van der Waals surface area contributed by atoms with Crippen LogP contribution in [0.5, 0.6) is 5.75 Å². The van der Waals surface area contributed by atoms with Crippen molar-refractivity contribution in [3.63, 3.8) is 0 Å². The van der Waals surface area contributed by atoms with Crippen LogP contribution in [0.15, 0.2) is 60.7 Å². The largest absolute Gasteiger partial charge is 0.496 e. The highest BCUT2D eigenvalue weighted by atomic mass is 19.1. The summed E-state index contributed by atoms with van der Waals surface area (Å²) in [6.07, 6.45) is 2.27. The van der Waals surface area contributed by atoms with Crippen LogP contribution >= 0.6 is 0 Å². The highest BCUT2D eigenvalue weighted by Crippen LogP contribution is 2.35. The Bertz CT molecular complexity index is 1490. The second-order valence-corrected chi connectivity index (χ2v) is 10.3. The standard InChI is InChI=1S/C31H31F2N3O2/c1-38-28-9-6-20(29-30-24(10-13-34-29)23-4-2-3-5-27(23)35-30)16-21(28)18-36-14-11-19(12-15-36)31(37)25-8-7-22(32)17-26(25)33/h2-9,16-17,19,29,34-35H,10-15,18H2,1H3. The number of aromatic amines is 1. The molecule has 1 atom stereocenters. The van der Waals surface area contributed by atoms with E-state index < -0.39 is 11.6 Å². The first-order chi connectivity index (χ1) is 18.5. The molecule has 0 aliphatic carbocycles. The summed E-state index contributed by atoms with van der Waals surface area (Å²) in [5.74, 6) is -1.11. The predicted molar refractivity (Wildman–Crippen MR) is 144 cm³/mol. The van der Waals surface area contributed by atoms with E-state index in [2.05, 4.69) is 51.6 Å². The molecule has 38 heavy (non-hydrogen) atoms. The monoisotopic (exact) mass is 515 g/mol. The third-order valence-electron chi connectivity index (χ3n) is 8.05. The number of para-hydroxylation sites is 1. The average Bonchev–Trinajstić information content (AvgIpc) is 3.32. The number of hydrogen-bond donors (Lipinski definition) is 2. The van der Waals surface area contributed by atoms with Gasteiger partial charge in [-0.2, -0.15) is 0 Å². The number of piperidine rings is 1. The van der Waals surface area contributed by atoms with E-state index in [9.17, 15) is 13.6 Å². The summed E-state index contributed by atoms with van der Waals surface area (Å²) in [5.41, 5.74) is 6.04. The maximum atomic E-state index is 14.2. The molecule has 1 fully saturated rings. The maximum Gasteiger partial charge on any atom is 0.168 e. The minimum absolute atomic E-state index is 0.0180. The molecule has 7 heteroatoms. The molecule has 2 aliphatic heterocycles. The zero-order chi connectivity index (χ0) is 26.2. The van der Waals surface area contributed by atoms with E-state index in [1.807, 2.05) is 6.07 Å². The van der Waals surface area contributed by atoms with Gasteiger partial charge in [0, 0.05) is 47.2 Å². The van der Waals surface area contributed by atoms with E-state index in [-0.39, 0.29) is 23.3 Å². The van der Waals surface area contributed by atoms with Crippen LogP contribution in [-0.4, -0.2) is 42.4 Å². The smallest absolute Gasteiger partial charge is 0.168 e. The number of carbonyl (C=O) groups is 1. The van der Waals surface area contributed by atoms with Gasteiger partial charge in [0.1, 0.15) is 17.4 Å². The van der Waals surface area contributed by atoms with Gasteiger partial charge < -0.3 is 15.0 Å². The first-order valence-electron chi connectivity index (χ1n) is 13.2. The highest BCUT2D eigenvalue weighted by molar-refractivity contribution is 5.98. The highest BCUT2D eigenvalue weighted by Gasteiger charge is 2.29. The van der Waals surface area contributed by atoms with Crippen molar-refractivity contribution in [2.75, 3.05) is 26.7 Å². The molecule has 196 valence electrons. The number of benzene rings is 3. The molecule has 0 radical (unpaired) electrons. The second kappa shape index (κ2) is 10.3. The summed E-state index contributed by atoms with van der Waals surface area (Å²) in [7, 11) is 1.69.